The van der Waals surface area contributed by atoms with E-state index in [0.717, 1.165) is 32.4 Å². The van der Waals surface area contributed by atoms with Crippen molar-refractivity contribution >= 4 is 17.6 Å². The van der Waals surface area contributed by atoms with E-state index >= 15 is 0 Å². The van der Waals surface area contributed by atoms with Crippen LogP contribution >= 0.6 is 0 Å². The molecule has 0 aliphatic carbocycles. The largest absolute Gasteiger partial charge is 0.373 e. The highest BCUT2D eigenvalue weighted by molar-refractivity contribution is 5.94. The summed E-state index contributed by atoms with van der Waals surface area (Å²) in [5.74, 6) is 1.30. The van der Waals surface area contributed by atoms with Crippen molar-refractivity contribution in [2.75, 3.05) is 39.5 Å². The van der Waals surface area contributed by atoms with Crippen molar-refractivity contribution in [1.29, 1.82) is 0 Å². The predicted molar refractivity (Wildman–Crippen MR) is 90.3 cm³/mol. The van der Waals surface area contributed by atoms with Gasteiger partial charge in [-0.15, -0.1) is 0 Å². The van der Waals surface area contributed by atoms with E-state index in [-0.39, 0.29) is 11.8 Å². The van der Waals surface area contributed by atoms with Crippen LogP contribution in [0.4, 0.5) is 5.82 Å². The smallest absolute Gasteiger partial charge is 0.254 e. The third kappa shape index (κ3) is 4.68. The maximum Gasteiger partial charge on any atom is 0.254 e. The Morgan fingerprint density at radius 3 is 2.91 bits per heavy atom. The number of amides is 2. The summed E-state index contributed by atoms with van der Waals surface area (Å²) in [5.41, 5.74) is 0.661. The average Bonchev–Trinajstić information content (AvgIpc) is 2.59. The minimum absolute atomic E-state index is 0.0486. The number of pyridine rings is 1. The summed E-state index contributed by atoms with van der Waals surface area (Å²) in [6.45, 7) is 1.52. The predicted octanol–water partition coefficient (Wildman–Crippen LogP) is 1.84. The van der Waals surface area contributed by atoms with Gasteiger partial charge >= 0.3 is 0 Å². The van der Waals surface area contributed by atoms with Gasteiger partial charge in [0.2, 0.25) is 5.91 Å². The van der Waals surface area contributed by atoms with Gasteiger partial charge in [-0.2, -0.15) is 0 Å². The van der Waals surface area contributed by atoms with Crippen LogP contribution in [0.2, 0.25) is 0 Å². The molecule has 6 heteroatoms. The van der Waals surface area contributed by atoms with Crippen molar-refractivity contribution in [3.63, 3.8) is 0 Å². The number of likely N-dealkylation sites (tertiary alicyclic amines) is 1. The molecule has 2 rings (SSSR count). The second kappa shape index (κ2) is 7.94. The molecular formula is C17H26N4O2. The molecule has 126 valence electrons. The van der Waals surface area contributed by atoms with E-state index in [2.05, 4.69) is 10.3 Å². The number of aromatic nitrogens is 1. The molecule has 0 unspecified atom stereocenters. The lowest BCUT2D eigenvalue weighted by atomic mass is 9.92. The summed E-state index contributed by atoms with van der Waals surface area (Å²) in [6, 6.07) is 3.53. The number of nitrogens with zero attached hydrogens (tertiary/aromatic N) is 3. The molecule has 2 amide bonds. The first-order valence-corrected chi connectivity index (χ1v) is 8.14. The molecule has 0 spiro atoms. The van der Waals surface area contributed by atoms with Gasteiger partial charge in [-0.3, -0.25) is 9.59 Å². The van der Waals surface area contributed by atoms with E-state index in [4.69, 9.17) is 0 Å². The second-order valence-electron chi connectivity index (χ2n) is 6.27. The summed E-state index contributed by atoms with van der Waals surface area (Å²) < 4.78 is 0. The van der Waals surface area contributed by atoms with Gasteiger partial charge < -0.3 is 15.1 Å². The molecule has 1 fully saturated rings. The number of hydrogen-bond acceptors (Lipinski definition) is 4. The first-order valence-electron chi connectivity index (χ1n) is 8.14. The van der Waals surface area contributed by atoms with Crippen LogP contribution in [-0.2, 0) is 4.79 Å². The Kier molecular flexibility index (Phi) is 5.96. The van der Waals surface area contributed by atoms with Crippen molar-refractivity contribution in [1.82, 2.24) is 14.8 Å². The first-order chi connectivity index (χ1) is 11.0. The van der Waals surface area contributed by atoms with Crippen LogP contribution in [0.25, 0.3) is 0 Å². The summed E-state index contributed by atoms with van der Waals surface area (Å²) in [7, 11) is 5.35. The molecule has 2 heterocycles. The molecule has 6 nitrogen and oxygen atoms in total. The van der Waals surface area contributed by atoms with Crippen LogP contribution in [-0.4, -0.2) is 60.8 Å². The molecule has 1 aromatic heterocycles. The fourth-order valence-corrected chi connectivity index (χ4v) is 2.92. The zero-order chi connectivity index (χ0) is 16.8. The topological polar surface area (TPSA) is 65.5 Å². The van der Waals surface area contributed by atoms with Gasteiger partial charge in [-0.1, -0.05) is 0 Å². The first kappa shape index (κ1) is 17.2. The third-order valence-electron chi connectivity index (χ3n) is 4.33. The highest BCUT2D eigenvalue weighted by atomic mass is 16.2. The molecule has 1 saturated heterocycles. The quantitative estimate of drug-likeness (QED) is 0.900. The Hall–Kier alpha value is -2.11. The normalized spacial score (nSPS) is 17.7. The van der Waals surface area contributed by atoms with E-state index in [9.17, 15) is 9.59 Å². The average molecular weight is 318 g/mol. The lowest BCUT2D eigenvalue weighted by Gasteiger charge is -2.33. The van der Waals surface area contributed by atoms with Gasteiger partial charge in [0.25, 0.3) is 5.91 Å². The number of carbonyl (C=O) groups is 2. The van der Waals surface area contributed by atoms with Crippen LogP contribution in [0.3, 0.4) is 0 Å². The standard InChI is InChI=1S/C17H26N4O2/c1-18-15-11-14(8-9-19-15)17(23)21-10-4-5-13(12-21)6-7-16(22)20(2)3/h8-9,11,13H,4-7,10,12H2,1-3H3,(H,18,19)/t13-/m1/s1. The van der Waals surface area contributed by atoms with Crippen molar-refractivity contribution in [2.45, 2.75) is 25.7 Å². The van der Waals surface area contributed by atoms with Crippen molar-refractivity contribution in [3.8, 4) is 0 Å². The molecule has 0 aromatic carbocycles. The Labute approximate surface area is 137 Å². The molecule has 1 atom stereocenters. The van der Waals surface area contributed by atoms with Crippen molar-refractivity contribution in [2.24, 2.45) is 5.92 Å². The van der Waals surface area contributed by atoms with Gasteiger partial charge in [0.15, 0.2) is 0 Å². The third-order valence-corrected chi connectivity index (χ3v) is 4.33. The number of hydrogen-bond donors (Lipinski definition) is 1. The number of rotatable bonds is 5. The highest BCUT2D eigenvalue weighted by Gasteiger charge is 2.25. The minimum atomic E-state index is 0.0486. The van der Waals surface area contributed by atoms with Crippen LogP contribution in [0, 0.1) is 5.92 Å². The molecule has 1 N–H and O–H groups in total. The molecule has 1 aromatic rings. The molecule has 0 bridgehead atoms. The molecular weight excluding hydrogens is 292 g/mol. The van der Waals surface area contributed by atoms with E-state index in [1.807, 2.05) is 4.90 Å². The highest BCUT2D eigenvalue weighted by Crippen LogP contribution is 2.23. The number of anilines is 1. The number of piperidine rings is 1. The molecule has 0 radical (unpaired) electrons. The zero-order valence-corrected chi connectivity index (χ0v) is 14.2. The van der Waals surface area contributed by atoms with Crippen LogP contribution in [0.15, 0.2) is 18.3 Å². The zero-order valence-electron chi connectivity index (χ0n) is 14.2. The fraction of sp³-hybridized carbons (Fsp3) is 0.588. The van der Waals surface area contributed by atoms with E-state index < -0.39 is 0 Å². The Morgan fingerprint density at radius 1 is 1.43 bits per heavy atom. The van der Waals surface area contributed by atoms with Gasteiger partial charge in [-0.25, -0.2) is 4.98 Å². The lowest BCUT2D eigenvalue weighted by Crippen LogP contribution is -2.40. The monoisotopic (exact) mass is 318 g/mol. The molecule has 23 heavy (non-hydrogen) atoms. The van der Waals surface area contributed by atoms with Crippen LogP contribution in [0.1, 0.15) is 36.0 Å². The Morgan fingerprint density at radius 2 is 2.22 bits per heavy atom. The molecule has 0 saturated carbocycles. The van der Waals surface area contributed by atoms with Gasteiger partial charge in [0.1, 0.15) is 5.82 Å². The number of nitrogens with one attached hydrogen (secondary N) is 1. The van der Waals surface area contributed by atoms with Crippen LogP contribution in [0.5, 0.6) is 0 Å². The van der Waals surface area contributed by atoms with Crippen LogP contribution < -0.4 is 5.32 Å². The SMILES string of the molecule is CNc1cc(C(=O)N2CCC[C@H](CCC(=O)N(C)C)C2)ccn1. The maximum absolute atomic E-state index is 12.7. The summed E-state index contributed by atoms with van der Waals surface area (Å²) in [5, 5.41) is 2.95. The molecule has 1 aliphatic rings. The Bertz CT molecular complexity index is 559. The van der Waals surface area contributed by atoms with E-state index in [1.165, 1.54) is 0 Å². The van der Waals surface area contributed by atoms with Crippen molar-refractivity contribution < 1.29 is 9.59 Å². The summed E-state index contributed by atoms with van der Waals surface area (Å²) >= 11 is 0. The molecule has 1 aliphatic heterocycles. The van der Waals surface area contributed by atoms with E-state index in [1.54, 1.807) is 44.4 Å². The Balaban J connectivity index is 1.94. The fourth-order valence-electron chi connectivity index (χ4n) is 2.92. The van der Waals surface area contributed by atoms with E-state index in [0.29, 0.717) is 23.7 Å². The maximum atomic E-state index is 12.7. The van der Waals surface area contributed by atoms with Crippen molar-refractivity contribution in [3.05, 3.63) is 23.9 Å². The van der Waals surface area contributed by atoms with Gasteiger partial charge in [0.05, 0.1) is 0 Å². The van der Waals surface area contributed by atoms with Gasteiger partial charge in [0, 0.05) is 52.4 Å². The summed E-state index contributed by atoms with van der Waals surface area (Å²) in [4.78, 5) is 32.1. The number of carbonyl (C=O) groups excluding carboxylic acids is 2. The van der Waals surface area contributed by atoms with Gasteiger partial charge in [-0.05, 0) is 37.3 Å². The lowest BCUT2D eigenvalue weighted by molar-refractivity contribution is -0.129. The second-order valence-corrected chi connectivity index (χ2v) is 6.27. The minimum Gasteiger partial charge on any atom is -0.373 e. The summed E-state index contributed by atoms with van der Waals surface area (Å²) in [6.07, 6.45) is 5.13.